The van der Waals surface area contributed by atoms with Crippen molar-refractivity contribution < 1.29 is 9.53 Å². The number of carbonyl (C=O) groups excluding carboxylic acids is 1. The van der Waals surface area contributed by atoms with Gasteiger partial charge in [-0.25, -0.2) is 0 Å². The Bertz CT molecular complexity index is 474. The number of anilines is 1. The van der Waals surface area contributed by atoms with Crippen molar-refractivity contribution in [1.82, 2.24) is 5.32 Å². The molecule has 0 saturated heterocycles. The Hall–Kier alpha value is -1.71. The summed E-state index contributed by atoms with van der Waals surface area (Å²) in [6.07, 6.45) is 4.60. The van der Waals surface area contributed by atoms with Gasteiger partial charge in [0.2, 0.25) is 0 Å². The molecule has 2 rings (SSSR count). The van der Waals surface area contributed by atoms with Crippen LogP contribution < -0.4 is 15.8 Å². The van der Waals surface area contributed by atoms with Gasteiger partial charge in [0.05, 0.1) is 12.3 Å². The highest BCUT2D eigenvalue weighted by Gasteiger charge is 2.21. The number of nitrogen functional groups attached to an aromatic ring is 1. The molecule has 110 valence electrons. The Morgan fingerprint density at radius 3 is 2.90 bits per heavy atom. The molecule has 1 aromatic rings. The van der Waals surface area contributed by atoms with Crippen LogP contribution in [-0.2, 0) is 0 Å². The average molecular weight is 276 g/mol. The van der Waals surface area contributed by atoms with Crippen LogP contribution in [0.1, 0.15) is 49.9 Å². The molecular formula is C16H24N2O2. The van der Waals surface area contributed by atoms with Crippen LogP contribution in [0.2, 0.25) is 0 Å². The van der Waals surface area contributed by atoms with Crippen molar-refractivity contribution in [2.24, 2.45) is 5.92 Å². The second kappa shape index (κ2) is 6.64. The monoisotopic (exact) mass is 276 g/mol. The van der Waals surface area contributed by atoms with Crippen LogP contribution in [-0.4, -0.2) is 18.6 Å². The molecule has 0 bridgehead atoms. The van der Waals surface area contributed by atoms with Gasteiger partial charge in [-0.2, -0.15) is 0 Å². The molecule has 1 aliphatic carbocycles. The van der Waals surface area contributed by atoms with Crippen LogP contribution in [0.15, 0.2) is 18.2 Å². The molecule has 0 aromatic heterocycles. The summed E-state index contributed by atoms with van der Waals surface area (Å²) in [4.78, 5) is 12.2. The van der Waals surface area contributed by atoms with Crippen molar-refractivity contribution in [3.8, 4) is 5.75 Å². The van der Waals surface area contributed by atoms with E-state index >= 15 is 0 Å². The molecule has 2 atom stereocenters. The molecule has 4 nitrogen and oxygen atoms in total. The maximum atomic E-state index is 12.2. The highest BCUT2D eigenvalue weighted by atomic mass is 16.5. The normalized spacial score (nSPS) is 22.3. The van der Waals surface area contributed by atoms with Crippen LogP contribution in [0.25, 0.3) is 0 Å². The lowest BCUT2D eigenvalue weighted by Crippen LogP contribution is -2.38. The van der Waals surface area contributed by atoms with E-state index in [2.05, 4.69) is 12.2 Å². The number of rotatable bonds is 4. The topological polar surface area (TPSA) is 64.3 Å². The number of benzene rings is 1. The standard InChI is InChI=1S/C16H24N2O2/c1-3-20-15-8-7-12(10-14(15)17)16(19)18-13-6-4-5-11(2)9-13/h7-8,10-11,13H,3-6,9,17H2,1-2H3,(H,18,19)/t11-,13-/m1/s1. The summed E-state index contributed by atoms with van der Waals surface area (Å²) in [6, 6.07) is 5.51. The Labute approximate surface area is 120 Å². The van der Waals surface area contributed by atoms with E-state index in [1.54, 1.807) is 18.2 Å². The van der Waals surface area contributed by atoms with Gasteiger partial charge in [-0.3, -0.25) is 4.79 Å². The number of nitrogens with one attached hydrogen (secondary N) is 1. The number of amides is 1. The highest BCUT2D eigenvalue weighted by molar-refractivity contribution is 5.95. The van der Waals surface area contributed by atoms with E-state index in [-0.39, 0.29) is 5.91 Å². The second-order valence-electron chi connectivity index (χ2n) is 5.63. The fourth-order valence-electron chi connectivity index (χ4n) is 2.81. The summed E-state index contributed by atoms with van der Waals surface area (Å²) in [5, 5.41) is 3.11. The summed E-state index contributed by atoms with van der Waals surface area (Å²) in [7, 11) is 0. The van der Waals surface area contributed by atoms with Gasteiger partial charge in [0.15, 0.2) is 0 Å². The fraction of sp³-hybridized carbons (Fsp3) is 0.562. The lowest BCUT2D eigenvalue weighted by atomic mass is 9.87. The molecule has 3 N–H and O–H groups in total. The van der Waals surface area contributed by atoms with Gasteiger partial charge in [-0.15, -0.1) is 0 Å². The Balaban J connectivity index is 2.00. The van der Waals surface area contributed by atoms with Gasteiger partial charge in [0.1, 0.15) is 5.75 Å². The summed E-state index contributed by atoms with van der Waals surface area (Å²) in [5.41, 5.74) is 7.01. The largest absolute Gasteiger partial charge is 0.492 e. The number of hydrogen-bond donors (Lipinski definition) is 2. The first kappa shape index (κ1) is 14.7. The number of ether oxygens (including phenoxy) is 1. The van der Waals surface area contributed by atoms with E-state index in [1.165, 1.54) is 12.8 Å². The molecule has 1 amide bonds. The third-order valence-electron chi connectivity index (χ3n) is 3.84. The van der Waals surface area contributed by atoms with Gasteiger partial charge >= 0.3 is 0 Å². The molecule has 1 aromatic carbocycles. The molecule has 1 aliphatic rings. The third-order valence-corrected chi connectivity index (χ3v) is 3.84. The van der Waals surface area contributed by atoms with Gasteiger partial charge in [0, 0.05) is 11.6 Å². The van der Waals surface area contributed by atoms with E-state index in [0.717, 1.165) is 12.8 Å². The van der Waals surface area contributed by atoms with Crippen LogP contribution in [0.3, 0.4) is 0 Å². The maximum Gasteiger partial charge on any atom is 0.251 e. The minimum Gasteiger partial charge on any atom is -0.492 e. The highest BCUT2D eigenvalue weighted by Crippen LogP contribution is 2.25. The molecule has 1 saturated carbocycles. The summed E-state index contributed by atoms with van der Waals surface area (Å²) < 4.78 is 5.38. The zero-order valence-corrected chi connectivity index (χ0v) is 12.3. The molecule has 0 spiro atoms. The van der Waals surface area contributed by atoms with Crippen LogP contribution in [0, 0.1) is 5.92 Å². The zero-order chi connectivity index (χ0) is 14.5. The van der Waals surface area contributed by atoms with Crippen LogP contribution >= 0.6 is 0 Å². The number of hydrogen-bond acceptors (Lipinski definition) is 3. The molecule has 20 heavy (non-hydrogen) atoms. The molecule has 0 aliphatic heterocycles. The predicted octanol–water partition coefficient (Wildman–Crippen LogP) is 2.98. The first-order valence-corrected chi connectivity index (χ1v) is 7.43. The van der Waals surface area contributed by atoms with E-state index in [0.29, 0.717) is 35.6 Å². The molecule has 1 fully saturated rings. The zero-order valence-electron chi connectivity index (χ0n) is 12.3. The SMILES string of the molecule is CCOc1ccc(C(=O)N[C@@H]2CCC[C@@H](C)C2)cc1N. The molecule has 4 heteroatoms. The predicted molar refractivity (Wildman–Crippen MR) is 80.9 cm³/mol. The van der Waals surface area contributed by atoms with Crippen LogP contribution in [0.5, 0.6) is 5.75 Å². The summed E-state index contributed by atoms with van der Waals surface area (Å²) in [6.45, 7) is 4.72. The van der Waals surface area contributed by atoms with Gasteiger partial charge in [0.25, 0.3) is 5.91 Å². The quantitative estimate of drug-likeness (QED) is 0.831. The smallest absolute Gasteiger partial charge is 0.251 e. The van der Waals surface area contributed by atoms with Gasteiger partial charge < -0.3 is 15.8 Å². The minimum atomic E-state index is -0.0427. The first-order valence-electron chi connectivity index (χ1n) is 7.43. The molecular weight excluding hydrogens is 252 g/mol. The van der Waals surface area contributed by atoms with Crippen molar-refractivity contribution in [2.45, 2.75) is 45.6 Å². The Kier molecular flexibility index (Phi) is 4.88. The van der Waals surface area contributed by atoms with Crippen molar-refractivity contribution in [2.75, 3.05) is 12.3 Å². The second-order valence-corrected chi connectivity index (χ2v) is 5.63. The third kappa shape index (κ3) is 3.65. The molecule has 0 radical (unpaired) electrons. The maximum absolute atomic E-state index is 12.2. The lowest BCUT2D eigenvalue weighted by molar-refractivity contribution is 0.0921. The van der Waals surface area contributed by atoms with E-state index < -0.39 is 0 Å². The molecule has 0 unspecified atom stereocenters. The minimum absolute atomic E-state index is 0.0427. The van der Waals surface area contributed by atoms with E-state index in [4.69, 9.17) is 10.5 Å². The first-order chi connectivity index (χ1) is 9.60. The Morgan fingerprint density at radius 2 is 2.25 bits per heavy atom. The average Bonchev–Trinajstić information content (AvgIpc) is 2.41. The number of carbonyl (C=O) groups is 1. The van der Waals surface area contributed by atoms with Gasteiger partial charge in [-0.1, -0.05) is 19.8 Å². The van der Waals surface area contributed by atoms with Crippen molar-refractivity contribution in [3.63, 3.8) is 0 Å². The summed E-state index contributed by atoms with van der Waals surface area (Å²) >= 11 is 0. The summed E-state index contributed by atoms with van der Waals surface area (Å²) in [5.74, 6) is 1.29. The van der Waals surface area contributed by atoms with Gasteiger partial charge in [-0.05, 0) is 43.9 Å². The molecule has 0 heterocycles. The lowest BCUT2D eigenvalue weighted by Gasteiger charge is -2.27. The van der Waals surface area contributed by atoms with Crippen LogP contribution in [0.4, 0.5) is 5.69 Å². The van der Waals surface area contributed by atoms with E-state index in [1.807, 2.05) is 6.92 Å². The van der Waals surface area contributed by atoms with E-state index in [9.17, 15) is 4.79 Å². The Morgan fingerprint density at radius 1 is 1.45 bits per heavy atom. The van der Waals surface area contributed by atoms with Crippen molar-refractivity contribution in [1.29, 1.82) is 0 Å². The number of nitrogens with two attached hydrogens (primary N) is 1. The van der Waals surface area contributed by atoms with Crippen molar-refractivity contribution >= 4 is 11.6 Å². The van der Waals surface area contributed by atoms with Crippen molar-refractivity contribution in [3.05, 3.63) is 23.8 Å². The fourth-order valence-corrected chi connectivity index (χ4v) is 2.81.